The average Bonchev–Trinajstić information content (AvgIpc) is 2.38. The molecule has 112 valence electrons. The van der Waals surface area contributed by atoms with Crippen LogP contribution in [0.25, 0.3) is 0 Å². The number of rotatable bonds is 3. The first-order valence-corrected chi connectivity index (χ1v) is 7.76. The van der Waals surface area contributed by atoms with Crippen LogP contribution in [0.2, 0.25) is 0 Å². The van der Waals surface area contributed by atoms with Gasteiger partial charge in [-0.15, -0.1) is 0 Å². The normalized spacial score (nSPS) is 25.4. The minimum Gasteiger partial charge on any atom is -0.307 e. The van der Waals surface area contributed by atoms with Gasteiger partial charge in [-0.1, -0.05) is 47.0 Å². The van der Waals surface area contributed by atoms with Crippen molar-refractivity contribution in [3.05, 3.63) is 34.3 Å². The second-order valence-electron chi connectivity index (χ2n) is 5.45. The monoisotopic (exact) mass is 349 g/mol. The second kappa shape index (κ2) is 6.48. The molecule has 0 bridgehead atoms. The quantitative estimate of drug-likeness (QED) is 0.788. The molecule has 1 aliphatic rings. The lowest BCUT2D eigenvalue weighted by atomic mass is 9.83. The molecular weight excluding hydrogens is 331 g/mol. The molecule has 2 rings (SSSR count). The molecule has 0 radical (unpaired) electrons. The van der Waals surface area contributed by atoms with Crippen LogP contribution in [0.15, 0.2) is 28.7 Å². The fraction of sp³-hybridized carbons (Fsp3) is 0.600. The van der Waals surface area contributed by atoms with Gasteiger partial charge >= 0.3 is 6.18 Å². The van der Waals surface area contributed by atoms with Crippen molar-refractivity contribution < 1.29 is 13.2 Å². The molecule has 0 amide bonds. The summed E-state index contributed by atoms with van der Waals surface area (Å²) in [5.41, 5.74) is 0.999. The van der Waals surface area contributed by atoms with Gasteiger partial charge in [0, 0.05) is 16.6 Å². The zero-order chi connectivity index (χ0) is 14.8. The molecule has 2 unspecified atom stereocenters. The molecule has 0 spiro atoms. The van der Waals surface area contributed by atoms with Crippen molar-refractivity contribution in [1.29, 1.82) is 0 Å². The van der Waals surface area contributed by atoms with Gasteiger partial charge in [-0.2, -0.15) is 13.2 Å². The van der Waals surface area contributed by atoms with E-state index in [0.717, 1.165) is 16.5 Å². The Balaban J connectivity index is 2.09. The van der Waals surface area contributed by atoms with Crippen molar-refractivity contribution in [2.75, 3.05) is 0 Å². The first-order valence-electron chi connectivity index (χ1n) is 6.97. The summed E-state index contributed by atoms with van der Waals surface area (Å²) in [5, 5.41) is 3.18. The molecular formula is C15H19BrF3N. The highest BCUT2D eigenvalue weighted by atomic mass is 79.9. The van der Waals surface area contributed by atoms with Gasteiger partial charge < -0.3 is 5.32 Å². The number of halogens is 4. The average molecular weight is 350 g/mol. The Hall–Kier alpha value is -0.550. The van der Waals surface area contributed by atoms with E-state index in [0.29, 0.717) is 12.8 Å². The maximum Gasteiger partial charge on any atom is 0.393 e. The Labute approximate surface area is 126 Å². The largest absolute Gasteiger partial charge is 0.393 e. The highest BCUT2D eigenvalue weighted by Crippen LogP contribution is 2.38. The van der Waals surface area contributed by atoms with Gasteiger partial charge in [-0.05, 0) is 31.4 Å². The van der Waals surface area contributed by atoms with Crippen molar-refractivity contribution in [2.45, 2.75) is 50.9 Å². The summed E-state index contributed by atoms with van der Waals surface area (Å²) in [5.74, 6) is -1.22. The van der Waals surface area contributed by atoms with Crippen molar-refractivity contribution in [3.8, 4) is 0 Å². The van der Waals surface area contributed by atoms with Crippen molar-refractivity contribution in [2.24, 2.45) is 5.92 Å². The first-order chi connectivity index (χ1) is 9.39. The molecule has 1 aromatic carbocycles. The predicted octanol–water partition coefficient (Wildman–Crippen LogP) is 5.22. The Bertz CT molecular complexity index is 447. The predicted molar refractivity (Wildman–Crippen MR) is 77.5 cm³/mol. The van der Waals surface area contributed by atoms with Crippen LogP contribution in [-0.2, 0) is 0 Å². The number of benzene rings is 1. The van der Waals surface area contributed by atoms with Crippen LogP contribution in [0.3, 0.4) is 0 Å². The molecule has 1 aliphatic carbocycles. The van der Waals surface area contributed by atoms with Gasteiger partial charge in [0.25, 0.3) is 0 Å². The maximum absolute atomic E-state index is 13.1. The Morgan fingerprint density at radius 3 is 2.50 bits per heavy atom. The molecule has 0 aliphatic heterocycles. The van der Waals surface area contributed by atoms with Gasteiger partial charge in [-0.3, -0.25) is 0 Å². The van der Waals surface area contributed by atoms with Crippen LogP contribution in [0.5, 0.6) is 0 Å². The number of alkyl halides is 3. The smallest absolute Gasteiger partial charge is 0.307 e. The molecule has 20 heavy (non-hydrogen) atoms. The first kappa shape index (κ1) is 15.8. The molecule has 0 aromatic heterocycles. The minimum atomic E-state index is -4.11. The van der Waals surface area contributed by atoms with Gasteiger partial charge in [0.2, 0.25) is 0 Å². The molecule has 1 fully saturated rings. The van der Waals surface area contributed by atoms with E-state index in [9.17, 15) is 13.2 Å². The summed E-state index contributed by atoms with van der Waals surface area (Å²) >= 11 is 3.45. The van der Waals surface area contributed by atoms with E-state index in [1.807, 2.05) is 31.2 Å². The SMILES string of the molecule is C[C@@H](NC1CCCCC1C(F)(F)F)c1ccccc1Br. The third kappa shape index (κ3) is 3.76. The van der Waals surface area contributed by atoms with Crippen LogP contribution >= 0.6 is 15.9 Å². The second-order valence-corrected chi connectivity index (χ2v) is 6.30. The van der Waals surface area contributed by atoms with E-state index in [1.165, 1.54) is 0 Å². The van der Waals surface area contributed by atoms with Crippen molar-refractivity contribution in [1.82, 2.24) is 5.32 Å². The summed E-state index contributed by atoms with van der Waals surface area (Å²) < 4.78 is 40.2. The van der Waals surface area contributed by atoms with E-state index in [2.05, 4.69) is 21.2 Å². The molecule has 0 saturated heterocycles. The highest BCUT2D eigenvalue weighted by Gasteiger charge is 2.45. The zero-order valence-electron chi connectivity index (χ0n) is 11.4. The fourth-order valence-corrected chi connectivity index (χ4v) is 3.59. The molecule has 1 nitrogen and oxygen atoms in total. The zero-order valence-corrected chi connectivity index (χ0v) is 13.0. The van der Waals surface area contributed by atoms with Crippen LogP contribution in [-0.4, -0.2) is 12.2 Å². The van der Waals surface area contributed by atoms with E-state index in [-0.39, 0.29) is 12.5 Å². The lowest BCUT2D eigenvalue weighted by molar-refractivity contribution is -0.189. The minimum absolute atomic E-state index is 0.0986. The van der Waals surface area contributed by atoms with Crippen molar-refractivity contribution in [3.63, 3.8) is 0 Å². The van der Waals surface area contributed by atoms with Gasteiger partial charge in [0.05, 0.1) is 5.92 Å². The molecule has 1 aromatic rings. The Morgan fingerprint density at radius 2 is 1.85 bits per heavy atom. The standard InChI is InChI=1S/C15H19BrF3N/c1-10(11-6-2-4-8-13(11)16)20-14-9-5-3-7-12(14)15(17,18)19/h2,4,6,8,10,12,14,20H,3,5,7,9H2,1H3/t10-,12?,14?/m1/s1. The third-order valence-electron chi connectivity index (χ3n) is 4.02. The topological polar surface area (TPSA) is 12.0 Å². The fourth-order valence-electron chi connectivity index (χ4n) is 2.96. The van der Waals surface area contributed by atoms with Crippen LogP contribution in [0.1, 0.15) is 44.2 Å². The number of hydrogen-bond donors (Lipinski definition) is 1. The van der Waals surface area contributed by atoms with E-state index in [1.54, 1.807) is 0 Å². The summed E-state index contributed by atoms with van der Waals surface area (Å²) in [4.78, 5) is 0. The van der Waals surface area contributed by atoms with Gasteiger partial charge in [0.15, 0.2) is 0 Å². The summed E-state index contributed by atoms with van der Waals surface area (Å²) in [6.45, 7) is 1.92. The van der Waals surface area contributed by atoms with Crippen molar-refractivity contribution >= 4 is 15.9 Å². The van der Waals surface area contributed by atoms with Crippen LogP contribution < -0.4 is 5.32 Å². The van der Waals surface area contributed by atoms with Gasteiger partial charge in [-0.25, -0.2) is 0 Å². The Kier molecular flexibility index (Phi) is 5.13. The third-order valence-corrected chi connectivity index (χ3v) is 4.74. The molecule has 1 N–H and O–H groups in total. The van der Waals surface area contributed by atoms with E-state index in [4.69, 9.17) is 0 Å². The Morgan fingerprint density at radius 1 is 1.20 bits per heavy atom. The highest BCUT2D eigenvalue weighted by molar-refractivity contribution is 9.10. The molecule has 3 atom stereocenters. The molecule has 0 heterocycles. The van der Waals surface area contributed by atoms with E-state index >= 15 is 0 Å². The molecule has 5 heteroatoms. The molecule has 1 saturated carbocycles. The number of nitrogens with one attached hydrogen (secondary N) is 1. The lowest BCUT2D eigenvalue weighted by Crippen LogP contribution is -2.46. The lowest BCUT2D eigenvalue weighted by Gasteiger charge is -2.35. The summed E-state index contributed by atoms with van der Waals surface area (Å²) in [6.07, 6.45) is -1.73. The summed E-state index contributed by atoms with van der Waals surface area (Å²) in [6, 6.07) is 7.08. The van der Waals surface area contributed by atoms with Gasteiger partial charge in [0.1, 0.15) is 0 Å². The summed E-state index contributed by atoms with van der Waals surface area (Å²) in [7, 11) is 0. The maximum atomic E-state index is 13.1. The van der Waals surface area contributed by atoms with E-state index < -0.39 is 18.1 Å². The van der Waals surface area contributed by atoms with Crippen LogP contribution in [0.4, 0.5) is 13.2 Å². The number of hydrogen-bond acceptors (Lipinski definition) is 1. The van der Waals surface area contributed by atoms with Crippen LogP contribution in [0, 0.1) is 5.92 Å².